The number of aryl methyl sites for hydroxylation is 1. The number of aromatic amines is 1. The fourth-order valence-electron chi connectivity index (χ4n) is 5.85. The maximum Gasteiger partial charge on any atom is 0.253 e. The van der Waals surface area contributed by atoms with Crippen molar-refractivity contribution in [2.24, 2.45) is 0 Å². The average molecular weight is 558 g/mol. The Bertz CT molecular complexity index is 1540. The van der Waals surface area contributed by atoms with Gasteiger partial charge in [-0.25, -0.2) is 4.39 Å². The van der Waals surface area contributed by atoms with Gasteiger partial charge in [0, 0.05) is 52.6 Å². The quantitative estimate of drug-likeness (QED) is 0.336. The van der Waals surface area contributed by atoms with E-state index in [9.17, 15) is 9.18 Å². The molecule has 0 bridgehead atoms. The first kappa shape index (κ1) is 27.2. The molecule has 2 N–H and O–H groups in total. The highest BCUT2D eigenvalue weighted by atomic mass is 19.1. The van der Waals surface area contributed by atoms with Crippen molar-refractivity contribution in [2.75, 3.05) is 51.3 Å². The number of rotatable bonds is 7. The minimum atomic E-state index is -0.210. The topological polar surface area (TPSA) is 82.7 Å². The van der Waals surface area contributed by atoms with E-state index in [0.29, 0.717) is 25.3 Å². The summed E-state index contributed by atoms with van der Waals surface area (Å²) in [5, 5.41) is 11.4. The molecule has 2 aliphatic heterocycles. The van der Waals surface area contributed by atoms with Gasteiger partial charge in [0.25, 0.3) is 5.91 Å². The van der Waals surface area contributed by atoms with E-state index in [1.165, 1.54) is 6.07 Å². The standard InChI is InChI=1S/C32H36FN5O3/c1-21-31-28(36-35-21)17-24(19-30(31)41-26-8-14-40-15-9-26)23-6-7-27(32(39)34-2)29(18-23)38-12-10-37(11-13-38)20-22-4-3-5-25(33)16-22/h3-7,16-19,26H,8-15,20H2,1-2H3,(H,34,39)(H,35,36). The Hall–Kier alpha value is -3.95. The normalized spacial score (nSPS) is 16.7. The molecule has 2 fully saturated rings. The fourth-order valence-corrected chi connectivity index (χ4v) is 5.85. The number of piperazine rings is 1. The van der Waals surface area contributed by atoms with Gasteiger partial charge in [-0.2, -0.15) is 5.10 Å². The van der Waals surface area contributed by atoms with Gasteiger partial charge in [-0.1, -0.05) is 18.2 Å². The van der Waals surface area contributed by atoms with E-state index >= 15 is 0 Å². The van der Waals surface area contributed by atoms with Crippen LogP contribution in [0.5, 0.6) is 5.75 Å². The van der Waals surface area contributed by atoms with E-state index < -0.39 is 0 Å². The van der Waals surface area contributed by atoms with E-state index in [0.717, 1.165) is 83.7 Å². The number of aromatic nitrogens is 2. The summed E-state index contributed by atoms with van der Waals surface area (Å²) >= 11 is 0. The second-order valence-corrected chi connectivity index (χ2v) is 10.8. The molecule has 2 saturated heterocycles. The summed E-state index contributed by atoms with van der Waals surface area (Å²) in [6.45, 7) is 7.26. The molecule has 3 heterocycles. The smallest absolute Gasteiger partial charge is 0.253 e. The summed E-state index contributed by atoms with van der Waals surface area (Å²) in [5.41, 5.74) is 6.34. The highest BCUT2D eigenvalue weighted by Gasteiger charge is 2.24. The van der Waals surface area contributed by atoms with Crippen LogP contribution in [0.4, 0.5) is 10.1 Å². The van der Waals surface area contributed by atoms with Gasteiger partial charge >= 0.3 is 0 Å². The number of carbonyl (C=O) groups excluding carboxylic acids is 1. The number of nitrogens with zero attached hydrogens (tertiary/aromatic N) is 3. The molecule has 0 aliphatic carbocycles. The van der Waals surface area contributed by atoms with Crippen molar-refractivity contribution in [3.8, 4) is 16.9 Å². The second kappa shape index (κ2) is 11.9. The van der Waals surface area contributed by atoms with Crippen LogP contribution in [0.3, 0.4) is 0 Å². The molecule has 0 saturated carbocycles. The maximum atomic E-state index is 13.7. The Labute approximate surface area is 239 Å². The molecule has 3 aromatic carbocycles. The SMILES string of the molecule is CNC(=O)c1ccc(-c2cc(OC3CCOCC3)c3c(C)n[nH]c3c2)cc1N1CCN(Cc2cccc(F)c2)CC1. The van der Waals surface area contributed by atoms with Gasteiger partial charge < -0.3 is 19.7 Å². The molecule has 1 aromatic heterocycles. The van der Waals surface area contributed by atoms with E-state index in [4.69, 9.17) is 9.47 Å². The van der Waals surface area contributed by atoms with Crippen molar-refractivity contribution in [1.29, 1.82) is 0 Å². The van der Waals surface area contributed by atoms with Gasteiger partial charge in [0.1, 0.15) is 17.7 Å². The van der Waals surface area contributed by atoms with Crippen LogP contribution in [0.25, 0.3) is 22.0 Å². The van der Waals surface area contributed by atoms with Gasteiger partial charge in [0.15, 0.2) is 0 Å². The third-order valence-electron chi connectivity index (χ3n) is 8.08. The summed E-state index contributed by atoms with van der Waals surface area (Å²) in [4.78, 5) is 17.5. The summed E-state index contributed by atoms with van der Waals surface area (Å²) in [6.07, 6.45) is 1.82. The fraction of sp³-hybridized carbons (Fsp3) is 0.375. The Morgan fingerprint density at radius 3 is 2.63 bits per heavy atom. The van der Waals surface area contributed by atoms with Crippen molar-refractivity contribution >= 4 is 22.5 Å². The second-order valence-electron chi connectivity index (χ2n) is 10.8. The lowest BCUT2D eigenvalue weighted by atomic mass is 9.99. The highest BCUT2D eigenvalue weighted by molar-refractivity contribution is 6.01. The predicted molar refractivity (Wildman–Crippen MR) is 158 cm³/mol. The maximum absolute atomic E-state index is 13.7. The zero-order valence-electron chi connectivity index (χ0n) is 23.6. The molecular formula is C32H36FN5O3. The minimum Gasteiger partial charge on any atom is -0.489 e. The van der Waals surface area contributed by atoms with Crippen LogP contribution in [-0.2, 0) is 11.3 Å². The van der Waals surface area contributed by atoms with E-state index in [-0.39, 0.29) is 17.8 Å². The van der Waals surface area contributed by atoms with Crippen molar-refractivity contribution in [3.63, 3.8) is 0 Å². The van der Waals surface area contributed by atoms with Crippen LogP contribution in [0.1, 0.15) is 34.5 Å². The summed E-state index contributed by atoms with van der Waals surface area (Å²) in [6, 6.07) is 17.0. The Kier molecular flexibility index (Phi) is 7.89. The van der Waals surface area contributed by atoms with Gasteiger partial charge in [-0.15, -0.1) is 0 Å². The molecule has 0 spiro atoms. The number of H-pyrrole nitrogens is 1. The molecule has 0 radical (unpaired) electrons. The van der Waals surface area contributed by atoms with Crippen molar-refractivity contribution in [1.82, 2.24) is 20.4 Å². The average Bonchev–Trinajstić information content (AvgIpc) is 3.38. The number of hydrogen-bond acceptors (Lipinski definition) is 6. The van der Waals surface area contributed by atoms with Gasteiger partial charge in [0.2, 0.25) is 0 Å². The summed E-state index contributed by atoms with van der Waals surface area (Å²) in [7, 11) is 1.66. The molecule has 4 aromatic rings. The number of carbonyl (C=O) groups is 1. The van der Waals surface area contributed by atoms with Crippen molar-refractivity contribution < 1.29 is 18.7 Å². The van der Waals surface area contributed by atoms with Crippen molar-refractivity contribution in [2.45, 2.75) is 32.4 Å². The minimum absolute atomic E-state index is 0.103. The number of nitrogens with one attached hydrogen (secondary N) is 2. The molecule has 1 amide bonds. The van der Waals surface area contributed by atoms with Crippen LogP contribution >= 0.6 is 0 Å². The van der Waals surface area contributed by atoms with E-state index in [1.807, 2.05) is 25.1 Å². The largest absolute Gasteiger partial charge is 0.489 e. The zero-order chi connectivity index (χ0) is 28.3. The van der Waals surface area contributed by atoms with E-state index in [1.54, 1.807) is 19.2 Å². The lowest BCUT2D eigenvalue weighted by Gasteiger charge is -2.37. The number of benzene rings is 3. The van der Waals surface area contributed by atoms with Gasteiger partial charge in [0.05, 0.1) is 41.1 Å². The Balaban J connectivity index is 1.29. The number of amides is 1. The number of ether oxygens (including phenoxy) is 2. The van der Waals surface area contributed by atoms with Gasteiger partial charge in [-0.3, -0.25) is 14.8 Å². The third kappa shape index (κ3) is 5.92. The molecule has 214 valence electrons. The summed E-state index contributed by atoms with van der Waals surface area (Å²) in [5.74, 6) is 0.494. The molecular weight excluding hydrogens is 521 g/mol. The number of halogens is 1. The molecule has 0 atom stereocenters. The molecule has 0 unspecified atom stereocenters. The molecule has 8 nitrogen and oxygen atoms in total. The monoisotopic (exact) mass is 557 g/mol. The van der Waals surface area contributed by atoms with Crippen LogP contribution in [0.15, 0.2) is 54.6 Å². The molecule has 41 heavy (non-hydrogen) atoms. The van der Waals surface area contributed by atoms with Crippen LogP contribution < -0.4 is 15.0 Å². The number of anilines is 1. The van der Waals surface area contributed by atoms with Crippen LogP contribution in [-0.4, -0.2) is 73.5 Å². The number of fused-ring (bicyclic) bond motifs is 1. The van der Waals surface area contributed by atoms with Crippen molar-refractivity contribution in [3.05, 3.63) is 77.2 Å². The van der Waals surface area contributed by atoms with E-state index in [2.05, 4.69) is 43.5 Å². The first-order chi connectivity index (χ1) is 20.0. The molecule has 9 heteroatoms. The lowest BCUT2D eigenvalue weighted by Crippen LogP contribution is -2.46. The zero-order valence-corrected chi connectivity index (χ0v) is 23.6. The third-order valence-corrected chi connectivity index (χ3v) is 8.08. The first-order valence-corrected chi connectivity index (χ1v) is 14.3. The predicted octanol–water partition coefficient (Wildman–Crippen LogP) is 4.92. The Morgan fingerprint density at radius 1 is 1.07 bits per heavy atom. The van der Waals surface area contributed by atoms with Gasteiger partial charge in [-0.05, 0) is 60.0 Å². The summed E-state index contributed by atoms with van der Waals surface area (Å²) < 4.78 is 25.7. The van der Waals surface area contributed by atoms with Crippen LogP contribution in [0.2, 0.25) is 0 Å². The lowest BCUT2D eigenvalue weighted by molar-refractivity contribution is 0.0262. The highest BCUT2D eigenvalue weighted by Crippen LogP contribution is 2.37. The van der Waals surface area contributed by atoms with Crippen LogP contribution in [0, 0.1) is 12.7 Å². The molecule has 6 rings (SSSR count). The first-order valence-electron chi connectivity index (χ1n) is 14.3. The number of hydrogen-bond donors (Lipinski definition) is 2. The molecule has 2 aliphatic rings. The Morgan fingerprint density at radius 2 is 1.88 bits per heavy atom.